The average molecular weight is 279 g/mol. The van der Waals surface area contributed by atoms with Gasteiger partial charge in [0.05, 0.1) is 5.56 Å². The number of hydrogen-bond acceptors (Lipinski definition) is 2. The van der Waals surface area contributed by atoms with Crippen molar-refractivity contribution in [3.8, 4) is 0 Å². The number of rotatable bonds is 4. The average Bonchev–Trinajstić information content (AvgIpc) is 2.25. The Hall–Kier alpha value is -0.910. The van der Waals surface area contributed by atoms with Gasteiger partial charge in [-0.1, -0.05) is 13.8 Å². The van der Waals surface area contributed by atoms with Crippen LogP contribution in [-0.2, 0) is 12.7 Å². The van der Waals surface area contributed by atoms with E-state index in [2.05, 4.69) is 12.6 Å². The van der Waals surface area contributed by atoms with Gasteiger partial charge in [-0.3, -0.25) is 4.79 Å². The van der Waals surface area contributed by atoms with Gasteiger partial charge < -0.3 is 4.57 Å². The summed E-state index contributed by atoms with van der Waals surface area (Å²) < 4.78 is 38.8. The molecule has 0 saturated carbocycles. The second kappa shape index (κ2) is 5.82. The van der Waals surface area contributed by atoms with Gasteiger partial charge in [0, 0.05) is 18.8 Å². The summed E-state index contributed by atoms with van der Waals surface area (Å²) in [5.74, 6) is 0.846. The van der Waals surface area contributed by atoms with Crippen molar-refractivity contribution in [3.63, 3.8) is 0 Å². The number of aromatic nitrogens is 1. The van der Waals surface area contributed by atoms with E-state index in [0.717, 1.165) is 22.9 Å². The molecular weight excluding hydrogens is 263 g/mol. The summed E-state index contributed by atoms with van der Waals surface area (Å²) in [7, 11) is 0. The molecule has 1 rings (SSSR count). The van der Waals surface area contributed by atoms with Gasteiger partial charge in [0.25, 0.3) is 5.56 Å². The molecule has 1 aromatic rings. The Morgan fingerprint density at radius 3 is 2.39 bits per heavy atom. The van der Waals surface area contributed by atoms with E-state index in [1.807, 2.05) is 13.8 Å². The number of pyridine rings is 1. The second-order valence-electron chi connectivity index (χ2n) is 4.59. The van der Waals surface area contributed by atoms with Crippen molar-refractivity contribution in [2.24, 2.45) is 11.8 Å². The first kappa shape index (κ1) is 15.1. The highest BCUT2D eigenvalue weighted by molar-refractivity contribution is 7.80. The third-order valence-corrected chi connectivity index (χ3v) is 3.39. The molecule has 0 bridgehead atoms. The van der Waals surface area contributed by atoms with Gasteiger partial charge in [-0.15, -0.1) is 0 Å². The predicted octanol–water partition coefficient (Wildman–Crippen LogP) is 3.07. The van der Waals surface area contributed by atoms with E-state index in [4.69, 9.17) is 0 Å². The quantitative estimate of drug-likeness (QED) is 0.841. The smallest absolute Gasteiger partial charge is 0.315 e. The molecule has 1 atom stereocenters. The van der Waals surface area contributed by atoms with Crippen LogP contribution in [0.5, 0.6) is 0 Å². The summed E-state index contributed by atoms with van der Waals surface area (Å²) in [6.45, 7) is 4.17. The normalized spacial score (nSPS) is 13.9. The second-order valence-corrected chi connectivity index (χ2v) is 4.96. The van der Waals surface area contributed by atoms with E-state index in [1.54, 1.807) is 0 Å². The zero-order chi connectivity index (χ0) is 13.9. The van der Waals surface area contributed by atoms with Crippen LogP contribution in [0.1, 0.15) is 19.4 Å². The van der Waals surface area contributed by atoms with Crippen molar-refractivity contribution >= 4 is 12.6 Å². The molecule has 18 heavy (non-hydrogen) atoms. The molecule has 0 spiro atoms. The zero-order valence-electron chi connectivity index (χ0n) is 10.2. The number of halogens is 3. The first-order valence-electron chi connectivity index (χ1n) is 5.64. The maximum Gasteiger partial charge on any atom is 0.417 e. The molecule has 0 fully saturated rings. The summed E-state index contributed by atoms with van der Waals surface area (Å²) in [6, 6.07) is 1.77. The maximum atomic E-state index is 12.5. The molecule has 1 unspecified atom stereocenters. The third-order valence-electron chi connectivity index (χ3n) is 2.92. The summed E-state index contributed by atoms with van der Waals surface area (Å²) in [5, 5.41) is 0. The summed E-state index contributed by atoms with van der Waals surface area (Å²) in [6.07, 6.45) is -3.55. The fourth-order valence-corrected chi connectivity index (χ4v) is 2.11. The standard InChI is InChI=1S/C12H16F3NOS/c1-8(2)9(7-18)5-16-6-10(12(13,14)15)3-4-11(16)17/h3-4,6,8-9,18H,5,7H2,1-2H3. The fourth-order valence-electron chi connectivity index (χ4n) is 1.57. The SMILES string of the molecule is CC(C)C(CS)Cn1cc(C(F)(F)F)ccc1=O. The van der Waals surface area contributed by atoms with Gasteiger partial charge in [0.15, 0.2) is 0 Å². The van der Waals surface area contributed by atoms with E-state index in [1.165, 1.54) is 0 Å². The molecule has 0 amide bonds. The topological polar surface area (TPSA) is 22.0 Å². The Morgan fingerprint density at radius 1 is 1.33 bits per heavy atom. The highest BCUT2D eigenvalue weighted by Gasteiger charge is 2.31. The van der Waals surface area contributed by atoms with Crippen LogP contribution < -0.4 is 5.56 Å². The Morgan fingerprint density at radius 2 is 1.94 bits per heavy atom. The largest absolute Gasteiger partial charge is 0.417 e. The van der Waals surface area contributed by atoms with E-state index in [0.29, 0.717) is 5.75 Å². The monoisotopic (exact) mass is 279 g/mol. The van der Waals surface area contributed by atoms with E-state index in [-0.39, 0.29) is 18.4 Å². The molecule has 2 nitrogen and oxygen atoms in total. The minimum absolute atomic E-state index is 0.0644. The van der Waals surface area contributed by atoms with Gasteiger partial charge in [0.1, 0.15) is 0 Å². The first-order chi connectivity index (χ1) is 8.25. The van der Waals surface area contributed by atoms with Gasteiger partial charge in [0.2, 0.25) is 0 Å². The van der Waals surface area contributed by atoms with Crippen molar-refractivity contribution < 1.29 is 13.2 Å². The maximum absolute atomic E-state index is 12.5. The van der Waals surface area contributed by atoms with Crippen LogP contribution in [0.15, 0.2) is 23.1 Å². The lowest BCUT2D eigenvalue weighted by molar-refractivity contribution is -0.138. The predicted molar refractivity (Wildman–Crippen MR) is 67.9 cm³/mol. The molecule has 1 aromatic heterocycles. The first-order valence-corrected chi connectivity index (χ1v) is 6.27. The van der Waals surface area contributed by atoms with E-state index >= 15 is 0 Å². The molecule has 6 heteroatoms. The Labute approximate surface area is 109 Å². The van der Waals surface area contributed by atoms with E-state index < -0.39 is 17.3 Å². The molecule has 1 heterocycles. The molecule has 102 valence electrons. The van der Waals surface area contributed by atoms with Crippen LogP contribution in [0.4, 0.5) is 13.2 Å². The van der Waals surface area contributed by atoms with E-state index in [9.17, 15) is 18.0 Å². The molecule has 0 aliphatic carbocycles. The number of nitrogens with zero attached hydrogens (tertiary/aromatic N) is 1. The molecule has 0 aromatic carbocycles. The van der Waals surface area contributed by atoms with Gasteiger partial charge in [-0.2, -0.15) is 25.8 Å². The van der Waals surface area contributed by atoms with Crippen molar-refractivity contribution in [2.75, 3.05) is 5.75 Å². The van der Waals surface area contributed by atoms with Gasteiger partial charge >= 0.3 is 6.18 Å². The molecule has 0 aliphatic heterocycles. The number of alkyl halides is 3. The minimum Gasteiger partial charge on any atom is -0.315 e. The Kier molecular flexibility index (Phi) is 4.90. The lowest BCUT2D eigenvalue weighted by Gasteiger charge is -2.20. The highest BCUT2D eigenvalue weighted by atomic mass is 32.1. The molecule has 0 aliphatic rings. The third kappa shape index (κ3) is 3.80. The van der Waals surface area contributed by atoms with Gasteiger partial charge in [-0.05, 0) is 23.7 Å². The van der Waals surface area contributed by atoms with Crippen LogP contribution in [-0.4, -0.2) is 10.3 Å². The molecule has 0 radical (unpaired) electrons. The zero-order valence-corrected chi connectivity index (χ0v) is 11.1. The lowest BCUT2D eigenvalue weighted by atomic mass is 9.98. The number of thiol groups is 1. The van der Waals surface area contributed by atoms with Crippen molar-refractivity contribution in [3.05, 3.63) is 34.2 Å². The fraction of sp³-hybridized carbons (Fsp3) is 0.583. The van der Waals surface area contributed by atoms with Gasteiger partial charge in [-0.25, -0.2) is 0 Å². The van der Waals surface area contributed by atoms with Crippen LogP contribution in [0.25, 0.3) is 0 Å². The number of hydrogen-bond donors (Lipinski definition) is 1. The Balaban J connectivity index is 3.05. The molecular formula is C12H16F3NOS. The van der Waals surface area contributed by atoms with Crippen LogP contribution in [0.3, 0.4) is 0 Å². The van der Waals surface area contributed by atoms with Crippen molar-refractivity contribution in [1.82, 2.24) is 4.57 Å². The summed E-state index contributed by atoms with van der Waals surface area (Å²) >= 11 is 4.16. The van der Waals surface area contributed by atoms with Crippen molar-refractivity contribution in [2.45, 2.75) is 26.6 Å². The van der Waals surface area contributed by atoms with Crippen LogP contribution in [0, 0.1) is 11.8 Å². The van der Waals surface area contributed by atoms with Crippen LogP contribution >= 0.6 is 12.6 Å². The lowest BCUT2D eigenvalue weighted by Crippen LogP contribution is -2.27. The molecule has 0 N–H and O–H groups in total. The summed E-state index contributed by atoms with van der Waals surface area (Å²) in [5.41, 5.74) is -1.22. The van der Waals surface area contributed by atoms with Crippen LogP contribution in [0.2, 0.25) is 0 Å². The summed E-state index contributed by atoms with van der Waals surface area (Å²) in [4.78, 5) is 11.5. The highest BCUT2D eigenvalue weighted by Crippen LogP contribution is 2.28. The Bertz CT molecular complexity index is 453. The minimum atomic E-state index is -4.43. The molecule has 0 saturated heterocycles. The van der Waals surface area contributed by atoms with Crippen molar-refractivity contribution in [1.29, 1.82) is 0 Å².